The summed E-state index contributed by atoms with van der Waals surface area (Å²) >= 11 is 3.62. The topological polar surface area (TPSA) is 29.9 Å². The standard InChI is InChI=1S/C15H20BrN3/c1-5-19-15(12(16)9-18-19)14(17-4)13-10(2)7-6-8-11(13)3/h6-9,14,17H,5H2,1-4H3. The van der Waals surface area contributed by atoms with E-state index in [9.17, 15) is 0 Å². The predicted molar refractivity (Wildman–Crippen MR) is 82.4 cm³/mol. The maximum absolute atomic E-state index is 4.42. The van der Waals surface area contributed by atoms with Gasteiger partial charge in [-0.2, -0.15) is 5.10 Å². The first kappa shape index (κ1) is 14.3. The minimum absolute atomic E-state index is 0.151. The Morgan fingerprint density at radius 2 is 1.95 bits per heavy atom. The van der Waals surface area contributed by atoms with Crippen molar-refractivity contribution in [2.75, 3.05) is 7.05 Å². The Hall–Kier alpha value is -1.13. The van der Waals surface area contributed by atoms with Crippen LogP contribution < -0.4 is 5.32 Å². The summed E-state index contributed by atoms with van der Waals surface area (Å²) in [5.74, 6) is 0. The highest BCUT2D eigenvalue weighted by Gasteiger charge is 2.22. The van der Waals surface area contributed by atoms with Crippen LogP contribution in [0, 0.1) is 13.8 Å². The number of hydrogen-bond donors (Lipinski definition) is 1. The van der Waals surface area contributed by atoms with Crippen LogP contribution in [0.15, 0.2) is 28.9 Å². The fourth-order valence-electron chi connectivity index (χ4n) is 2.61. The molecule has 2 aromatic rings. The first-order chi connectivity index (χ1) is 9.10. The second kappa shape index (κ2) is 5.88. The number of benzene rings is 1. The van der Waals surface area contributed by atoms with Gasteiger partial charge < -0.3 is 5.32 Å². The van der Waals surface area contributed by atoms with Crippen LogP contribution in [0.3, 0.4) is 0 Å². The van der Waals surface area contributed by atoms with E-state index in [1.807, 2.05) is 17.9 Å². The Morgan fingerprint density at radius 1 is 1.32 bits per heavy atom. The number of aryl methyl sites for hydroxylation is 3. The van der Waals surface area contributed by atoms with E-state index >= 15 is 0 Å². The van der Waals surface area contributed by atoms with E-state index in [-0.39, 0.29) is 6.04 Å². The lowest BCUT2D eigenvalue weighted by atomic mass is 9.94. The summed E-state index contributed by atoms with van der Waals surface area (Å²) in [5, 5.41) is 7.84. The molecule has 1 heterocycles. The first-order valence-corrected chi connectivity index (χ1v) is 7.34. The van der Waals surface area contributed by atoms with Gasteiger partial charge in [-0.3, -0.25) is 4.68 Å². The van der Waals surface area contributed by atoms with Crippen LogP contribution in [-0.2, 0) is 6.54 Å². The molecule has 1 unspecified atom stereocenters. The summed E-state index contributed by atoms with van der Waals surface area (Å²) in [7, 11) is 2.00. The van der Waals surface area contributed by atoms with Gasteiger partial charge in [-0.25, -0.2) is 0 Å². The lowest BCUT2D eigenvalue weighted by molar-refractivity contribution is 0.559. The third kappa shape index (κ3) is 2.60. The molecule has 19 heavy (non-hydrogen) atoms. The molecule has 0 aliphatic rings. The molecule has 0 spiro atoms. The Balaban J connectivity index is 2.59. The number of hydrogen-bond acceptors (Lipinski definition) is 2. The second-order valence-electron chi connectivity index (χ2n) is 4.72. The lowest BCUT2D eigenvalue weighted by Gasteiger charge is -2.22. The quantitative estimate of drug-likeness (QED) is 0.932. The molecule has 0 fully saturated rings. The molecule has 0 saturated carbocycles. The van der Waals surface area contributed by atoms with E-state index < -0.39 is 0 Å². The summed E-state index contributed by atoms with van der Waals surface area (Å²) in [6.45, 7) is 7.30. The molecule has 0 saturated heterocycles. The van der Waals surface area contributed by atoms with Gasteiger partial charge in [-0.1, -0.05) is 18.2 Å². The van der Waals surface area contributed by atoms with E-state index in [0.29, 0.717) is 0 Å². The zero-order valence-corrected chi connectivity index (χ0v) is 13.5. The minimum atomic E-state index is 0.151. The summed E-state index contributed by atoms with van der Waals surface area (Å²) in [6.07, 6.45) is 1.87. The van der Waals surface area contributed by atoms with Gasteiger partial charge in [0.25, 0.3) is 0 Å². The van der Waals surface area contributed by atoms with Crippen LogP contribution in [0.4, 0.5) is 0 Å². The molecule has 0 amide bonds. The van der Waals surface area contributed by atoms with Crippen molar-refractivity contribution in [1.82, 2.24) is 15.1 Å². The average molecular weight is 322 g/mol. The monoisotopic (exact) mass is 321 g/mol. The van der Waals surface area contributed by atoms with Gasteiger partial charge in [-0.15, -0.1) is 0 Å². The molecule has 2 rings (SSSR count). The Kier molecular flexibility index (Phi) is 4.42. The molecule has 1 aromatic heterocycles. The Bertz CT molecular complexity index is 555. The van der Waals surface area contributed by atoms with Gasteiger partial charge in [0.1, 0.15) is 0 Å². The number of rotatable bonds is 4. The third-order valence-corrected chi connectivity index (χ3v) is 4.14. The smallest absolute Gasteiger partial charge is 0.0762 e. The highest BCUT2D eigenvalue weighted by atomic mass is 79.9. The van der Waals surface area contributed by atoms with Gasteiger partial charge in [0.2, 0.25) is 0 Å². The molecule has 102 valence electrons. The van der Waals surface area contributed by atoms with Gasteiger partial charge >= 0.3 is 0 Å². The van der Waals surface area contributed by atoms with Crippen molar-refractivity contribution in [1.29, 1.82) is 0 Å². The van der Waals surface area contributed by atoms with Gasteiger partial charge in [-0.05, 0) is 60.4 Å². The van der Waals surface area contributed by atoms with Gasteiger partial charge in [0.05, 0.1) is 22.4 Å². The molecule has 0 aliphatic heterocycles. The average Bonchev–Trinajstić information content (AvgIpc) is 2.75. The van der Waals surface area contributed by atoms with Crippen LogP contribution in [0.2, 0.25) is 0 Å². The molecule has 0 radical (unpaired) electrons. The van der Waals surface area contributed by atoms with E-state index in [4.69, 9.17) is 0 Å². The first-order valence-electron chi connectivity index (χ1n) is 6.54. The van der Waals surface area contributed by atoms with Crippen LogP contribution in [0.25, 0.3) is 0 Å². The van der Waals surface area contributed by atoms with Gasteiger partial charge in [0.15, 0.2) is 0 Å². The fourth-order valence-corrected chi connectivity index (χ4v) is 3.14. The van der Waals surface area contributed by atoms with Crippen molar-refractivity contribution >= 4 is 15.9 Å². The minimum Gasteiger partial charge on any atom is -0.308 e. The molecular formula is C15H20BrN3. The highest BCUT2D eigenvalue weighted by Crippen LogP contribution is 2.31. The molecule has 0 aliphatic carbocycles. The van der Waals surface area contributed by atoms with Crippen LogP contribution in [0.1, 0.15) is 35.3 Å². The zero-order chi connectivity index (χ0) is 14.0. The molecule has 1 atom stereocenters. The molecule has 3 nitrogen and oxygen atoms in total. The normalized spacial score (nSPS) is 12.7. The largest absolute Gasteiger partial charge is 0.308 e. The summed E-state index contributed by atoms with van der Waals surface area (Å²) in [6, 6.07) is 6.58. The maximum Gasteiger partial charge on any atom is 0.0762 e. The maximum atomic E-state index is 4.42. The second-order valence-corrected chi connectivity index (χ2v) is 5.58. The van der Waals surface area contributed by atoms with Crippen molar-refractivity contribution in [2.24, 2.45) is 0 Å². The lowest BCUT2D eigenvalue weighted by Crippen LogP contribution is -2.23. The number of nitrogens with one attached hydrogen (secondary N) is 1. The van der Waals surface area contributed by atoms with Crippen LogP contribution in [-0.4, -0.2) is 16.8 Å². The van der Waals surface area contributed by atoms with Crippen molar-refractivity contribution in [3.63, 3.8) is 0 Å². The summed E-state index contributed by atoms with van der Waals surface area (Å²) in [5.41, 5.74) is 5.12. The zero-order valence-electron chi connectivity index (χ0n) is 11.9. The van der Waals surface area contributed by atoms with Crippen molar-refractivity contribution in [2.45, 2.75) is 33.4 Å². The summed E-state index contributed by atoms with van der Waals surface area (Å²) in [4.78, 5) is 0. The van der Waals surface area contributed by atoms with Crippen LogP contribution in [0.5, 0.6) is 0 Å². The Labute approximate surface area is 123 Å². The number of aromatic nitrogens is 2. The SMILES string of the molecule is CCn1ncc(Br)c1C(NC)c1c(C)cccc1C. The van der Waals surface area contributed by atoms with Gasteiger partial charge in [0, 0.05) is 6.54 Å². The Morgan fingerprint density at radius 3 is 2.47 bits per heavy atom. The van der Waals surface area contributed by atoms with E-state index in [1.54, 1.807) is 0 Å². The van der Waals surface area contributed by atoms with E-state index in [1.165, 1.54) is 22.4 Å². The number of nitrogens with zero attached hydrogens (tertiary/aromatic N) is 2. The molecule has 1 aromatic carbocycles. The molecule has 0 bridgehead atoms. The van der Waals surface area contributed by atoms with Crippen LogP contribution >= 0.6 is 15.9 Å². The molecule has 4 heteroatoms. The van der Waals surface area contributed by atoms with Crippen molar-refractivity contribution < 1.29 is 0 Å². The highest BCUT2D eigenvalue weighted by molar-refractivity contribution is 9.10. The van der Waals surface area contributed by atoms with E-state index in [0.717, 1.165) is 11.0 Å². The predicted octanol–water partition coefficient (Wildman–Crippen LogP) is 3.59. The van der Waals surface area contributed by atoms with E-state index in [2.05, 4.69) is 65.3 Å². The molecule has 1 N–H and O–H groups in total. The molecular weight excluding hydrogens is 302 g/mol. The number of halogens is 1. The summed E-state index contributed by atoms with van der Waals surface area (Å²) < 4.78 is 3.09. The van der Waals surface area contributed by atoms with Crippen molar-refractivity contribution in [3.8, 4) is 0 Å². The van der Waals surface area contributed by atoms with Crippen molar-refractivity contribution in [3.05, 3.63) is 51.3 Å². The fraction of sp³-hybridized carbons (Fsp3) is 0.400. The third-order valence-electron chi connectivity index (χ3n) is 3.53.